The fraction of sp³-hybridized carbons (Fsp3) is 0.167. The van der Waals surface area contributed by atoms with Crippen LogP contribution in [0.4, 0.5) is 10.5 Å². The van der Waals surface area contributed by atoms with Crippen LogP contribution in [0.15, 0.2) is 78.2 Å². The van der Waals surface area contributed by atoms with E-state index in [1.807, 2.05) is 18.2 Å². The van der Waals surface area contributed by atoms with Crippen LogP contribution < -0.4 is 19.5 Å². The third kappa shape index (κ3) is 6.86. The van der Waals surface area contributed by atoms with Crippen LogP contribution in [0.1, 0.15) is 16.7 Å². The number of carbonyl (C=O) groups excluding carboxylic acids is 3. The van der Waals surface area contributed by atoms with Crippen LogP contribution >= 0.6 is 23.4 Å². The van der Waals surface area contributed by atoms with E-state index < -0.39 is 23.6 Å². The topological polar surface area (TPSA) is 94.2 Å². The van der Waals surface area contributed by atoms with E-state index in [1.165, 1.54) is 14.2 Å². The van der Waals surface area contributed by atoms with Crippen LogP contribution in [0, 0.1) is 0 Å². The van der Waals surface area contributed by atoms with Crippen LogP contribution in [0.5, 0.6) is 17.2 Å². The Hall–Kier alpha value is -4.21. The van der Waals surface area contributed by atoms with Crippen LogP contribution in [0.2, 0.25) is 5.02 Å². The summed E-state index contributed by atoms with van der Waals surface area (Å²) in [4.78, 5) is 39.4. The number of allylic oxidation sites excluding steroid dienone is 1. The Balaban J connectivity index is 1.52. The Labute approximate surface area is 241 Å². The highest BCUT2D eigenvalue weighted by molar-refractivity contribution is 8.18. The van der Waals surface area contributed by atoms with Gasteiger partial charge >= 0.3 is 0 Å². The van der Waals surface area contributed by atoms with E-state index in [0.29, 0.717) is 46.5 Å². The van der Waals surface area contributed by atoms with E-state index in [-0.39, 0.29) is 4.91 Å². The molecule has 0 spiro atoms. The molecule has 206 valence electrons. The van der Waals surface area contributed by atoms with Gasteiger partial charge in [-0.15, -0.1) is 6.58 Å². The van der Waals surface area contributed by atoms with Crippen LogP contribution in [0.25, 0.3) is 6.08 Å². The summed E-state index contributed by atoms with van der Waals surface area (Å²) in [6.07, 6.45) is 3.82. The number of imide groups is 1. The zero-order valence-corrected chi connectivity index (χ0v) is 23.5. The number of rotatable bonds is 11. The summed E-state index contributed by atoms with van der Waals surface area (Å²) in [6, 6.07) is 17.8. The maximum Gasteiger partial charge on any atom is 0.294 e. The van der Waals surface area contributed by atoms with Gasteiger partial charge in [0.15, 0.2) is 11.5 Å². The molecule has 1 heterocycles. The minimum atomic E-state index is -0.558. The molecule has 0 radical (unpaired) electrons. The van der Waals surface area contributed by atoms with Gasteiger partial charge in [0.25, 0.3) is 11.1 Å². The predicted molar refractivity (Wildman–Crippen MR) is 157 cm³/mol. The van der Waals surface area contributed by atoms with Crippen molar-refractivity contribution in [2.45, 2.75) is 13.0 Å². The van der Waals surface area contributed by atoms with Crippen molar-refractivity contribution in [3.05, 3.63) is 99.9 Å². The number of benzene rings is 3. The molecule has 1 N–H and O–H groups in total. The van der Waals surface area contributed by atoms with Crippen LogP contribution in [0.3, 0.4) is 0 Å². The maximum atomic E-state index is 13.1. The zero-order chi connectivity index (χ0) is 28.6. The first-order chi connectivity index (χ1) is 19.3. The molecule has 8 nitrogen and oxygen atoms in total. The van der Waals surface area contributed by atoms with Crippen molar-refractivity contribution in [2.75, 3.05) is 26.1 Å². The lowest BCUT2D eigenvalue weighted by Gasteiger charge is -2.16. The Kier molecular flexibility index (Phi) is 9.52. The molecule has 0 aliphatic carbocycles. The molecule has 40 heavy (non-hydrogen) atoms. The molecule has 10 heteroatoms. The highest BCUT2D eigenvalue weighted by atomic mass is 35.5. The monoisotopic (exact) mass is 578 g/mol. The van der Waals surface area contributed by atoms with Crippen LogP contribution in [-0.4, -0.2) is 42.7 Å². The lowest BCUT2D eigenvalue weighted by atomic mass is 10.0. The summed E-state index contributed by atoms with van der Waals surface area (Å²) in [5.41, 5.74) is 2.81. The van der Waals surface area contributed by atoms with Crippen molar-refractivity contribution in [3.8, 4) is 17.2 Å². The molecule has 1 aliphatic rings. The highest BCUT2D eigenvalue weighted by Crippen LogP contribution is 2.37. The second kappa shape index (κ2) is 13.2. The molecule has 1 fully saturated rings. The number of hydrogen-bond acceptors (Lipinski definition) is 7. The van der Waals surface area contributed by atoms with Gasteiger partial charge in [-0.1, -0.05) is 41.9 Å². The molecule has 1 aliphatic heterocycles. The fourth-order valence-corrected chi connectivity index (χ4v) is 4.96. The number of thioether (sulfide) groups is 1. The summed E-state index contributed by atoms with van der Waals surface area (Å²) in [5.74, 6) is 0.406. The van der Waals surface area contributed by atoms with Gasteiger partial charge in [-0.25, -0.2) is 0 Å². The Morgan fingerprint density at radius 2 is 1.77 bits per heavy atom. The third-order valence-corrected chi connectivity index (χ3v) is 7.05. The number of ether oxygens (including phenoxy) is 3. The Morgan fingerprint density at radius 1 is 1.05 bits per heavy atom. The summed E-state index contributed by atoms with van der Waals surface area (Å²) in [5, 5.41) is 2.78. The van der Waals surface area contributed by atoms with E-state index in [0.717, 1.165) is 27.8 Å². The number of carbonyl (C=O) groups is 3. The van der Waals surface area contributed by atoms with Gasteiger partial charge in [0.1, 0.15) is 18.9 Å². The highest BCUT2D eigenvalue weighted by Gasteiger charge is 2.36. The van der Waals surface area contributed by atoms with Crippen molar-refractivity contribution >= 4 is 52.2 Å². The van der Waals surface area contributed by atoms with Gasteiger partial charge < -0.3 is 19.5 Å². The zero-order valence-electron chi connectivity index (χ0n) is 21.9. The van der Waals surface area contributed by atoms with Gasteiger partial charge in [0.2, 0.25) is 5.91 Å². The average molecular weight is 579 g/mol. The number of para-hydroxylation sites is 2. The van der Waals surface area contributed by atoms with Gasteiger partial charge in [-0.3, -0.25) is 19.3 Å². The number of anilines is 1. The minimum Gasteiger partial charge on any atom is -0.495 e. The van der Waals surface area contributed by atoms with Crippen molar-refractivity contribution < 1.29 is 28.6 Å². The molecule has 0 saturated carbocycles. The largest absolute Gasteiger partial charge is 0.495 e. The number of methoxy groups -OCH3 is 2. The normalized spacial score (nSPS) is 13.9. The van der Waals surface area contributed by atoms with E-state index >= 15 is 0 Å². The standard InChI is InChI=1S/C30H27ClN2O6S/c1-4-7-21-14-20(15-25(38-3)28(21)39-18-19-10-12-22(31)13-11-19)16-26-29(35)33(30(36)40-26)17-27(34)32-23-8-5-6-9-24(23)37-2/h4-6,8-16H,1,7,17-18H2,2-3H3,(H,32,34)/b26-16-. The van der Waals surface area contributed by atoms with Gasteiger partial charge in [-0.2, -0.15) is 0 Å². The summed E-state index contributed by atoms with van der Waals surface area (Å²) >= 11 is 6.74. The Bertz CT molecular complexity index is 1470. The molecule has 0 aromatic heterocycles. The van der Waals surface area contributed by atoms with Crippen molar-refractivity contribution in [3.63, 3.8) is 0 Å². The lowest BCUT2D eigenvalue weighted by molar-refractivity contribution is -0.127. The number of halogens is 1. The fourth-order valence-electron chi connectivity index (χ4n) is 3.99. The smallest absolute Gasteiger partial charge is 0.294 e. The summed E-state index contributed by atoms with van der Waals surface area (Å²) < 4.78 is 16.9. The molecule has 0 unspecified atom stereocenters. The maximum absolute atomic E-state index is 13.1. The third-order valence-electron chi connectivity index (χ3n) is 5.89. The minimum absolute atomic E-state index is 0.191. The molecule has 0 bridgehead atoms. The summed E-state index contributed by atoms with van der Waals surface area (Å²) in [6.45, 7) is 3.70. The molecule has 0 atom stereocenters. The lowest BCUT2D eigenvalue weighted by Crippen LogP contribution is -2.36. The molecule has 3 aromatic carbocycles. The van der Waals surface area contributed by atoms with Crippen LogP contribution in [-0.2, 0) is 22.6 Å². The first-order valence-corrected chi connectivity index (χ1v) is 13.4. The predicted octanol–water partition coefficient (Wildman–Crippen LogP) is 6.34. The van der Waals surface area contributed by atoms with E-state index in [4.69, 9.17) is 25.8 Å². The molecule has 3 amide bonds. The second-order valence-electron chi connectivity index (χ2n) is 8.64. The van der Waals surface area contributed by atoms with Crippen molar-refractivity contribution in [1.82, 2.24) is 4.90 Å². The van der Waals surface area contributed by atoms with E-state index in [2.05, 4.69) is 11.9 Å². The molecular formula is C30H27ClN2O6S. The van der Waals surface area contributed by atoms with Crippen molar-refractivity contribution in [1.29, 1.82) is 0 Å². The summed E-state index contributed by atoms with van der Waals surface area (Å²) in [7, 11) is 3.01. The SMILES string of the molecule is C=CCc1cc(/C=C2\SC(=O)N(CC(=O)Nc3ccccc3OC)C2=O)cc(OC)c1OCc1ccc(Cl)cc1. The van der Waals surface area contributed by atoms with Gasteiger partial charge in [0.05, 0.1) is 24.8 Å². The van der Waals surface area contributed by atoms with E-state index in [1.54, 1.807) is 54.6 Å². The first kappa shape index (κ1) is 28.8. The Morgan fingerprint density at radius 3 is 2.48 bits per heavy atom. The molecule has 3 aromatic rings. The molecule has 1 saturated heterocycles. The second-order valence-corrected chi connectivity index (χ2v) is 10.1. The van der Waals surface area contributed by atoms with Gasteiger partial charge in [-0.05, 0) is 71.8 Å². The first-order valence-electron chi connectivity index (χ1n) is 12.2. The number of nitrogens with zero attached hydrogens (tertiary/aromatic N) is 1. The van der Waals surface area contributed by atoms with E-state index in [9.17, 15) is 14.4 Å². The van der Waals surface area contributed by atoms with Gasteiger partial charge in [0, 0.05) is 10.6 Å². The molecule has 4 rings (SSSR count). The average Bonchev–Trinajstić information content (AvgIpc) is 3.20. The quantitative estimate of drug-likeness (QED) is 0.209. The number of nitrogens with one attached hydrogen (secondary N) is 1. The molecular weight excluding hydrogens is 552 g/mol. The van der Waals surface area contributed by atoms with Crippen molar-refractivity contribution in [2.24, 2.45) is 0 Å². The number of amides is 3. The number of hydrogen-bond donors (Lipinski definition) is 1.